The molecule has 2 aromatic carbocycles. The zero-order valence-electron chi connectivity index (χ0n) is 20.0. The molecule has 0 aliphatic carbocycles. The number of rotatable bonds is 6. The van der Waals surface area contributed by atoms with Crippen LogP contribution in [-0.4, -0.2) is 45.6 Å². The summed E-state index contributed by atoms with van der Waals surface area (Å²) in [5, 5.41) is 4.10. The van der Waals surface area contributed by atoms with Crippen LogP contribution in [0.2, 0.25) is 0 Å². The molecule has 190 valence electrons. The van der Waals surface area contributed by atoms with Crippen molar-refractivity contribution in [2.75, 3.05) is 31.2 Å². The summed E-state index contributed by atoms with van der Waals surface area (Å²) in [7, 11) is 0. The van der Waals surface area contributed by atoms with Gasteiger partial charge in [-0.3, -0.25) is 4.57 Å². The van der Waals surface area contributed by atoms with Crippen LogP contribution in [0, 0.1) is 17.0 Å². The largest absolute Gasteiger partial charge is 0.457 e. The summed E-state index contributed by atoms with van der Waals surface area (Å²) in [6.45, 7) is 3.26. The van der Waals surface area contributed by atoms with Crippen LogP contribution in [0.1, 0.15) is 18.4 Å². The van der Waals surface area contributed by atoms with Gasteiger partial charge in [0.25, 0.3) is 0 Å². The summed E-state index contributed by atoms with van der Waals surface area (Å²) in [5.74, 6) is 0.703. The number of anilines is 1. The molecule has 2 aliphatic rings. The molecule has 6 rings (SSSR count). The molecule has 1 spiro atoms. The van der Waals surface area contributed by atoms with Gasteiger partial charge in [-0.05, 0) is 55.3 Å². The van der Waals surface area contributed by atoms with Crippen molar-refractivity contribution in [3.63, 3.8) is 0 Å². The van der Waals surface area contributed by atoms with Crippen LogP contribution < -0.4 is 15.3 Å². The van der Waals surface area contributed by atoms with E-state index in [1.165, 1.54) is 17.1 Å². The SMILES string of the molecule is O=c1n(Cc2c(F)cccc2F)cnn1-c1ccc(Oc2ccnc(N3CCC4(CCOC4)C3)c2)cc1. The lowest BCUT2D eigenvalue weighted by Crippen LogP contribution is -2.27. The summed E-state index contributed by atoms with van der Waals surface area (Å²) >= 11 is 0. The number of aromatic nitrogens is 4. The van der Waals surface area contributed by atoms with Gasteiger partial charge in [0.2, 0.25) is 0 Å². The topological polar surface area (TPSA) is 74.4 Å². The van der Waals surface area contributed by atoms with Gasteiger partial charge < -0.3 is 14.4 Å². The Bertz CT molecular complexity index is 1460. The number of nitrogens with zero attached hydrogens (tertiary/aromatic N) is 5. The van der Waals surface area contributed by atoms with Gasteiger partial charge in [-0.2, -0.15) is 9.78 Å². The van der Waals surface area contributed by atoms with Crippen LogP contribution in [-0.2, 0) is 11.3 Å². The molecule has 2 aromatic heterocycles. The third-order valence-electron chi connectivity index (χ3n) is 7.10. The fourth-order valence-electron chi connectivity index (χ4n) is 5.00. The van der Waals surface area contributed by atoms with E-state index in [2.05, 4.69) is 15.0 Å². The van der Waals surface area contributed by atoms with Gasteiger partial charge in [0, 0.05) is 42.9 Å². The average molecular weight is 506 g/mol. The number of hydrogen-bond donors (Lipinski definition) is 0. The Balaban J connectivity index is 1.15. The normalized spacial score (nSPS) is 19.1. The molecule has 1 unspecified atom stereocenters. The Morgan fingerprint density at radius 1 is 1.03 bits per heavy atom. The van der Waals surface area contributed by atoms with Crippen LogP contribution in [0.4, 0.5) is 14.6 Å². The maximum atomic E-state index is 14.0. The summed E-state index contributed by atoms with van der Waals surface area (Å²) in [4.78, 5) is 19.6. The summed E-state index contributed by atoms with van der Waals surface area (Å²) in [5.41, 5.74) is 0.0428. The van der Waals surface area contributed by atoms with Crippen molar-refractivity contribution in [1.29, 1.82) is 0 Å². The monoisotopic (exact) mass is 505 g/mol. The Labute approximate surface area is 211 Å². The molecule has 2 saturated heterocycles. The minimum Gasteiger partial charge on any atom is -0.457 e. The molecular formula is C27H25F2N5O3. The predicted molar refractivity (Wildman–Crippen MR) is 132 cm³/mol. The Kier molecular flexibility index (Phi) is 5.96. The average Bonchev–Trinajstić information content (AvgIpc) is 3.64. The van der Waals surface area contributed by atoms with Crippen molar-refractivity contribution in [3.05, 3.63) is 94.8 Å². The zero-order chi connectivity index (χ0) is 25.4. The van der Waals surface area contributed by atoms with Gasteiger partial charge in [0.1, 0.15) is 35.3 Å². The summed E-state index contributed by atoms with van der Waals surface area (Å²) in [6.07, 6.45) is 5.19. The number of pyridine rings is 1. The smallest absolute Gasteiger partial charge is 0.350 e. The van der Waals surface area contributed by atoms with E-state index in [9.17, 15) is 13.6 Å². The lowest BCUT2D eigenvalue weighted by molar-refractivity contribution is 0.160. The molecule has 8 nitrogen and oxygen atoms in total. The molecule has 37 heavy (non-hydrogen) atoms. The molecule has 10 heteroatoms. The lowest BCUT2D eigenvalue weighted by atomic mass is 9.87. The molecule has 1 atom stereocenters. The van der Waals surface area contributed by atoms with E-state index in [1.54, 1.807) is 36.5 Å². The van der Waals surface area contributed by atoms with Gasteiger partial charge in [-0.25, -0.2) is 18.6 Å². The molecule has 4 aromatic rings. The first kappa shape index (κ1) is 23.4. The molecule has 0 radical (unpaired) electrons. The van der Waals surface area contributed by atoms with Crippen LogP contribution in [0.25, 0.3) is 5.69 Å². The first-order chi connectivity index (χ1) is 18.0. The highest BCUT2D eigenvalue weighted by Crippen LogP contribution is 2.40. The second-order valence-corrected chi connectivity index (χ2v) is 9.57. The molecule has 4 heterocycles. The predicted octanol–water partition coefficient (Wildman–Crippen LogP) is 4.16. The van der Waals surface area contributed by atoms with Crippen molar-refractivity contribution in [3.8, 4) is 17.2 Å². The maximum Gasteiger partial charge on any atom is 0.350 e. The standard InChI is InChI=1S/C27H25F2N5O3/c28-23-2-1-3-24(29)22(23)15-33-18-31-34(26(33)35)19-4-6-20(7-5-19)37-21-8-11-30-25(14-21)32-12-9-27(16-32)10-13-36-17-27/h1-8,11,14,18H,9-10,12-13,15-17H2. The van der Waals surface area contributed by atoms with E-state index in [0.717, 1.165) is 61.7 Å². The number of halogens is 2. The minimum atomic E-state index is -0.711. The molecule has 2 aliphatic heterocycles. The molecular weight excluding hydrogens is 480 g/mol. The second-order valence-electron chi connectivity index (χ2n) is 9.57. The highest BCUT2D eigenvalue weighted by molar-refractivity contribution is 5.47. The van der Waals surface area contributed by atoms with Gasteiger partial charge in [0.15, 0.2) is 0 Å². The number of ether oxygens (including phenoxy) is 2. The highest BCUT2D eigenvalue weighted by Gasteiger charge is 2.41. The number of hydrogen-bond acceptors (Lipinski definition) is 6. The van der Waals surface area contributed by atoms with E-state index in [4.69, 9.17) is 9.47 Å². The molecule has 0 amide bonds. The van der Waals surface area contributed by atoms with Gasteiger partial charge in [0.05, 0.1) is 18.8 Å². The molecule has 0 bridgehead atoms. The minimum absolute atomic E-state index is 0.190. The van der Waals surface area contributed by atoms with Crippen molar-refractivity contribution in [2.45, 2.75) is 19.4 Å². The fraction of sp³-hybridized carbons (Fsp3) is 0.296. The third kappa shape index (κ3) is 4.60. The first-order valence-corrected chi connectivity index (χ1v) is 12.1. The molecule has 0 saturated carbocycles. The third-order valence-corrected chi connectivity index (χ3v) is 7.10. The van der Waals surface area contributed by atoms with Crippen molar-refractivity contribution < 1.29 is 18.3 Å². The Hall–Kier alpha value is -4.05. The maximum absolute atomic E-state index is 14.0. The quantitative estimate of drug-likeness (QED) is 0.392. The summed E-state index contributed by atoms with van der Waals surface area (Å²) < 4.78 is 42.0. The lowest BCUT2D eigenvalue weighted by Gasteiger charge is -2.22. The van der Waals surface area contributed by atoms with E-state index < -0.39 is 17.3 Å². The van der Waals surface area contributed by atoms with E-state index in [-0.39, 0.29) is 17.5 Å². The van der Waals surface area contributed by atoms with Crippen LogP contribution in [0.3, 0.4) is 0 Å². The van der Waals surface area contributed by atoms with Crippen molar-refractivity contribution >= 4 is 5.82 Å². The molecule has 2 fully saturated rings. The van der Waals surface area contributed by atoms with Gasteiger partial charge in [-0.15, -0.1) is 0 Å². The summed E-state index contributed by atoms with van der Waals surface area (Å²) in [6, 6.07) is 14.2. The number of benzene rings is 2. The Morgan fingerprint density at radius 2 is 1.84 bits per heavy atom. The molecule has 0 N–H and O–H groups in total. The van der Waals surface area contributed by atoms with Crippen LogP contribution >= 0.6 is 0 Å². The first-order valence-electron chi connectivity index (χ1n) is 12.1. The second kappa shape index (κ2) is 9.44. The fourth-order valence-corrected chi connectivity index (χ4v) is 5.00. The zero-order valence-corrected chi connectivity index (χ0v) is 20.0. The van der Waals surface area contributed by atoms with Gasteiger partial charge >= 0.3 is 5.69 Å². The Morgan fingerprint density at radius 3 is 2.59 bits per heavy atom. The van der Waals surface area contributed by atoms with Gasteiger partial charge in [-0.1, -0.05) is 6.07 Å². The van der Waals surface area contributed by atoms with E-state index >= 15 is 0 Å². The van der Waals surface area contributed by atoms with Crippen molar-refractivity contribution in [2.24, 2.45) is 5.41 Å². The van der Waals surface area contributed by atoms with E-state index in [1.807, 2.05) is 6.07 Å². The van der Waals surface area contributed by atoms with Crippen LogP contribution in [0.15, 0.2) is 71.9 Å². The van der Waals surface area contributed by atoms with E-state index in [0.29, 0.717) is 17.2 Å². The van der Waals surface area contributed by atoms with Crippen molar-refractivity contribution in [1.82, 2.24) is 19.3 Å². The van der Waals surface area contributed by atoms with Crippen LogP contribution in [0.5, 0.6) is 11.5 Å². The highest BCUT2D eigenvalue weighted by atomic mass is 19.1.